The lowest BCUT2D eigenvalue weighted by Crippen LogP contribution is -2.26. The summed E-state index contributed by atoms with van der Waals surface area (Å²) in [7, 11) is 0. The molecular weight excluding hydrogens is 715 g/mol. The van der Waals surface area contributed by atoms with Crippen LogP contribution in [0.5, 0.6) is 0 Å². The number of hydrogen-bond donors (Lipinski definition) is 0. The number of rotatable bonds is 5. The fourth-order valence-electron chi connectivity index (χ4n) is 9.78. The van der Waals surface area contributed by atoms with Gasteiger partial charge in [-0.2, -0.15) is 0 Å². The van der Waals surface area contributed by atoms with E-state index in [4.69, 9.17) is 0 Å². The van der Waals surface area contributed by atoms with Gasteiger partial charge in [-0.15, -0.1) is 0 Å². The molecule has 4 heterocycles. The van der Waals surface area contributed by atoms with Crippen molar-refractivity contribution in [3.8, 4) is 55.9 Å². The van der Waals surface area contributed by atoms with Crippen LogP contribution in [0.1, 0.15) is 25.0 Å². The van der Waals surface area contributed by atoms with Crippen molar-refractivity contribution in [2.24, 2.45) is 0 Å². The maximum atomic E-state index is 4.61. The Kier molecular flexibility index (Phi) is 7.27. The van der Waals surface area contributed by atoms with Crippen molar-refractivity contribution >= 4 is 43.6 Å². The van der Waals surface area contributed by atoms with E-state index in [1.807, 2.05) is 6.20 Å². The van der Waals surface area contributed by atoms with Crippen LogP contribution in [0.4, 0.5) is 0 Å². The summed E-state index contributed by atoms with van der Waals surface area (Å²) in [6.07, 6.45) is 3.98. The fourth-order valence-corrected chi connectivity index (χ4v) is 9.78. The summed E-state index contributed by atoms with van der Waals surface area (Å²) in [6.45, 7) is 4.68. The highest BCUT2D eigenvalue weighted by molar-refractivity contribution is 6.14. The molecule has 59 heavy (non-hydrogen) atoms. The van der Waals surface area contributed by atoms with Crippen LogP contribution in [0, 0.1) is 0 Å². The Labute approximate surface area is 343 Å². The Morgan fingerprint density at radius 2 is 0.814 bits per heavy atom. The first-order chi connectivity index (χ1) is 29.0. The minimum absolute atomic E-state index is 0.214. The summed E-state index contributed by atoms with van der Waals surface area (Å²) in [5.74, 6) is 0. The highest BCUT2D eigenvalue weighted by atomic mass is 15.0. The molecule has 0 fully saturated rings. The van der Waals surface area contributed by atoms with Gasteiger partial charge < -0.3 is 9.13 Å². The topological polar surface area (TPSA) is 22.8 Å². The molecule has 12 rings (SSSR count). The molecule has 8 aromatic carbocycles. The summed E-state index contributed by atoms with van der Waals surface area (Å²) in [6, 6.07) is 69.1. The van der Waals surface area contributed by atoms with E-state index >= 15 is 0 Å². The van der Waals surface area contributed by atoms with Gasteiger partial charge in [0.25, 0.3) is 0 Å². The van der Waals surface area contributed by atoms with Crippen molar-refractivity contribution < 1.29 is 0 Å². The third-order valence-electron chi connectivity index (χ3n) is 12.8. The summed E-state index contributed by atoms with van der Waals surface area (Å²) >= 11 is 0. The zero-order chi connectivity index (χ0) is 39.2. The quantitative estimate of drug-likeness (QED) is 0.172. The summed E-state index contributed by atoms with van der Waals surface area (Å²) in [4.78, 5) is 4.61. The number of nitrogens with zero attached hydrogens (tertiary/aromatic N) is 3. The minimum Gasteiger partial charge on any atom is -0.309 e. The smallest absolute Gasteiger partial charge is 0.0582 e. The molecule has 0 saturated carbocycles. The van der Waals surface area contributed by atoms with Crippen molar-refractivity contribution in [2.45, 2.75) is 19.3 Å². The van der Waals surface area contributed by atoms with Crippen molar-refractivity contribution in [2.75, 3.05) is 0 Å². The van der Waals surface area contributed by atoms with Gasteiger partial charge >= 0.3 is 0 Å². The molecule has 0 N–H and O–H groups in total. The number of benzene rings is 8. The SMILES string of the molecule is CC1(C)c2cnccc2-n2c3ccc(-c4ccc(-n5c6ccc(-c7ccccc7)cc6c6cc(-c7ccccc7)ccc65)cc4)cc3c3cc(-c4ccccc4)cc1c32. The molecule has 0 aliphatic carbocycles. The highest BCUT2D eigenvalue weighted by Crippen LogP contribution is 2.49. The summed E-state index contributed by atoms with van der Waals surface area (Å²) < 4.78 is 4.89. The zero-order valence-corrected chi connectivity index (χ0v) is 32.9. The van der Waals surface area contributed by atoms with Crippen LogP contribution in [-0.2, 0) is 5.41 Å². The zero-order valence-electron chi connectivity index (χ0n) is 32.9. The molecule has 278 valence electrons. The van der Waals surface area contributed by atoms with Crippen molar-refractivity contribution in [1.82, 2.24) is 14.1 Å². The first-order valence-corrected chi connectivity index (χ1v) is 20.4. The van der Waals surface area contributed by atoms with E-state index in [1.54, 1.807) is 0 Å². The predicted molar refractivity (Wildman–Crippen MR) is 247 cm³/mol. The molecule has 0 spiro atoms. The molecule has 0 amide bonds. The van der Waals surface area contributed by atoms with Gasteiger partial charge in [0.2, 0.25) is 0 Å². The Balaban J connectivity index is 1.02. The second kappa shape index (κ2) is 12.8. The largest absolute Gasteiger partial charge is 0.309 e. The van der Waals surface area contributed by atoms with E-state index < -0.39 is 0 Å². The fraction of sp³-hybridized carbons (Fsp3) is 0.0536. The minimum atomic E-state index is -0.214. The second-order valence-corrected chi connectivity index (χ2v) is 16.4. The molecular formula is C56H39N3. The van der Waals surface area contributed by atoms with E-state index in [-0.39, 0.29) is 5.41 Å². The third-order valence-corrected chi connectivity index (χ3v) is 12.8. The van der Waals surface area contributed by atoms with Crippen LogP contribution >= 0.6 is 0 Å². The molecule has 1 aliphatic heterocycles. The summed E-state index contributed by atoms with van der Waals surface area (Å²) in [5, 5.41) is 5.03. The Morgan fingerprint density at radius 3 is 1.36 bits per heavy atom. The lowest BCUT2D eigenvalue weighted by Gasteiger charge is -2.34. The lowest BCUT2D eigenvalue weighted by molar-refractivity contribution is 0.627. The van der Waals surface area contributed by atoms with E-state index in [1.165, 1.54) is 105 Å². The maximum Gasteiger partial charge on any atom is 0.0582 e. The van der Waals surface area contributed by atoms with E-state index in [0.29, 0.717) is 0 Å². The van der Waals surface area contributed by atoms with Crippen LogP contribution in [0.3, 0.4) is 0 Å². The van der Waals surface area contributed by atoms with Crippen LogP contribution in [-0.4, -0.2) is 14.1 Å². The number of hydrogen-bond acceptors (Lipinski definition) is 1. The van der Waals surface area contributed by atoms with Gasteiger partial charge in [-0.05, 0) is 117 Å². The Morgan fingerprint density at radius 1 is 0.373 bits per heavy atom. The number of aromatic nitrogens is 3. The predicted octanol–water partition coefficient (Wildman–Crippen LogP) is 14.6. The van der Waals surface area contributed by atoms with Crippen LogP contribution in [0.25, 0.3) is 99.5 Å². The molecule has 3 aromatic heterocycles. The van der Waals surface area contributed by atoms with Crippen LogP contribution in [0.2, 0.25) is 0 Å². The van der Waals surface area contributed by atoms with Gasteiger partial charge in [0.15, 0.2) is 0 Å². The highest BCUT2D eigenvalue weighted by Gasteiger charge is 2.36. The molecule has 1 aliphatic rings. The molecule has 0 bridgehead atoms. The van der Waals surface area contributed by atoms with E-state index in [9.17, 15) is 0 Å². The summed E-state index contributed by atoms with van der Waals surface area (Å²) in [5.41, 5.74) is 19.3. The number of fused-ring (bicyclic) bond motifs is 8. The average Bonchev–Trinajstić information content (AvgIpc) is 3.81. The Hall–Kier alpha value is -7.49. The standard InChI is InChI=1S/C56H39N3/c1-56(2)49-34-43(38-16-10-5-11-17-38)33-48-47-32-42(22-27-53(47)59(55(48)49)54-28-29-57-35-50(54)56)39-18-23-44(24-19-39)58-51-25-20-40(36-12-6-3-7-13-36)30-45(51)46-31-41(21-26-52(46)58)37-14-8-4-9-15-37/h3-35H,1-2H3. The monoisotopic (exact) mass is 753 g/mol. The van der Waals surface area contributed by atoms with Gasteiger partial charge in [0.05, 0.1) is 27.8 Å². The van der Waals surface area contributed by atoms with Gasteiger partial charge in [-0.3, -0.25) is 4.98 Å². The Bertz CT molecular complexity index is 3330. The molecule has 0 atom stereocenters. The van der Waals surface area contributed by atoms with Gasteiger partial charge in [0.1, 0.15) is 0 Å². The molecule has 0 saturated heterocycles. The molecule has 3 nitrogen and oxygen atoms in total. The van der Waals surface area contributed by atoms with Crippen molar-refractivity contribution in [3.63, 3.8) is 0 Å². The molecule has 0 radical (unpaired) electrons. The van der Waals surface area contributed by atoms with Gasteiger partial charge in [-0.25, -0.2) is 0 Å². The van der Waals surface area contributed by atoms with Crippen molar-refractivity contribution in [3.05, 3.63) is 212 Å². The molecule has 11 aromatic rings. The van der Waals surface area contributed by atoms with Crippen molar-refractivity contribution in [1.29, 1.82) is 0 Å². The van der Waals surface area contributed by atoms with E-state index in [0.717, 1.165) is 5.69 Å². The van der Waals surface area contributed by atoms with Crippen LogP contribution < -0.4 is 0 Å². The second-order valence-electron chi connectivity index (χ2n) is 16.4. The molecule has 0 unspecified atom stereocenters. The first kappa shape index (κ1) is 33.6. The third kappa shape index (κ3) is 5.11. The first-order valence-electron chi connectivity index (χ1n) is 20.4. The maximum absolute atomic E-state index is 4.61. The average molecular weight is 754 g/mol. The van der Waals surface area contributed by atoms with Crippen LogP contribution in [0.15, 0.2) is 200 Å². The van der Waals surface area contributed by atoms with Gasteiger partial charge in [0, 0.05) is 50.6 Å². The van der Waals surface area contributed by atoms with Gasteiger partial charge in [-0.1, -0.05) is 135 Å². The number of pyridine rings is 1. The molecule has 3 heteroatoms. The normalized spacial score (nSPS) is 13.1. The van der Waals surface area contributed by atoms with E-state index in [2.05, 4.69) is 222 Å². The lowest BCUT2D eigenvalue weighted by atomic mass is 9.74.